The molecule has 0 aliphatic heterocycles. The maximum absolute atomic E-state index is 2.38. The Kier molecular flexibility index (Phi) is 8.76. The molecule has 0 saturated heterocycles. The summed E-state index contributed by atoms with van der Waals surface area (Å²) >= 11 is 0. The molecule has 7 aromatic carbocycles. The Bertz CT molecular complexity index is 1870. The van der Waals surface area contributed by atoms with Crippen molar-refractivity contribution in [3.8, 4) is 0 Å². The van der Waals surface area contributed by atoms with Gasteiger partial charge in [0.05, 0.1) is 17.1 Å². The second-order valence-corrected chi connectivity index (χ2v) is 12.1. The van der Waals surface area contributed by atoms with Crippen LogP contribution in [-0.4, -0.2) is 0 Å². The molecule has 0 aliphatic rings. The summed E-state index contributed by atoms with van der Waals surface area (Å²) in [5, 5.41) is 0. The van der Waals surface area contributed by atoms with Gasteiger partial charge in [-0.25, -0.2) is 0 Å². The molecule has 0 fully saturated rings. The van der Waals surface area contributed by atoms with E-state index in [-0.39, 0.29) is 0 Å². The van der Waals surface area contributed by atoms with Crippen molar-refractivity contribution in [2.24, 2.45) is 0 Å². The Hall–Kier alpha value is -6.06. The lowest BCUT2D eigenvalue weighted by Crippen LogP contribution is -2.17. The first-order valence-corrected chi connectivity index (χ1v) is 16.5. The molecule has 0 saturated carbocycles. The summed E-state index contributed by atoms with van der Waals surface area (Å²) in [4.78, 5) is 7.14. The van der Waals surface area contributed by atoms with Crippen molar-refractivity contribution in [2.75, 3.05) is 14.7 Å². The molecule has 48 heavy (non-hydrogen) atoms. The van der Waals surface area contributed by atoms with Gasteiger partial charge in [0.15, 0.2) is 0 Å². The third-order valence-electron chi connectivity index (χ3n) is 8.77. The molecule has 0 N–H and O–H groups in total. The van der Waals surface area contributed by atoms with E-state index in [4.69, 9.17) is 0 Å². The van der Waals surface area contributed by atoms with E-state index in [2.05, 4.69) is 217 Å². The Labute approximate surface area is 284 Å². The minimum Gasteiger partial charge on any atom is -0.310 e. The lowest BCUT2D eigenvalue weighted by Gasteiger charge is -2.34. The van der Waals surface area contributed by atoms with Crippen LogP contribution in [-0.2, 0) is 0 Å². The number of nitrogens with zero attached hydrogens (tertiary/aromatic N) is 3. The zero-order chi connectivity index (χ0) is 32.9. The van der Waals surface area contributed by atoms with Gasteiger partial charge in [0.2, 0.25) is 0 Å². The van der Waals surface area contributed by atoms with Crippen molar-refractivity contribution < 1.29 is 0 Å². The third-order valence-corrected chi connectivity index (χ3v) is 8.77. The normalized spacial score (nSPS) is 10.8. The van der Waals surface area contributed by atoms with Crippen LogP contribution in [0.4, 0.5) is 51.2 Å². The molecule has 3 heteroatoms. The number of hydrogen-bond acceptors (Lipinski definition) is 3. The maximum Gasteiger partial charge on any atom is 0.0503 e. The van der Waals surface area contributed by atoms with E-state index in [9.17, 15) is 0 Å². The summed E-state index contributed by atoms with van der Waals surface area (Å²) in [6.07, 6.45) is 0. The van der Waals surface area contributed by atoms with Crippen LogP contribution in [0.2, 0.25) is 0 Å². The van der Waals surface area contributed by atoms with Crippen LogP contribution in [0, 0.1) is 20.8 Å². The third kappa shape index (κ3) is 6.19. The Balaban J connectivity index is 1.57. The van der Waals surface area contributed by atoms with Gasteiger partial charge in [-0.15, -0.1) is 0 Å². The summed E-state index contributed by atoms with van der Waals surface area (Å²) in [7, 11) is 0. The molecule has 7 aromatic rings. The molecule has 7 rings (SSSR count). The van der Waals surface area contributed by atoms with Crippen LogP contribution < -0.4 is 14.7 Å². The monoisotopic (exact) mass is 621 g/mol. The molecule has 3 nitrogen and oxygen atoms in total. The Morgan fingerprint density at radius 1 is 0.250 bits per heavy atom. The number of rotatable bonds is 9. The SMILES string of the molecule is Cc1ccccc1N(c1ccccc1)c1cc(N(c2ccccc2)c2ccccc2C)cc(N(c2ccccc2)c2ccccc2C)c1. The molecular weight excluding hydrogens is 583 g/mol. The Morgan fingerprint density at radius 3 is 0.729 bits per heavy atom. The molecule has 0 heterocycles. The lowest BCUT2D eigenvalue weighted by atomic mass is 10.1. The van der Waals surface area contributed by atoms with Gasteiger partial charge in [0.25, 0.3) is 0 Å². The highest BCUT2D eigenvalue weighted by molar-refractivity contribution is 5.90. The van der Waals surface area contributed by atoms with Crippen molar-refractivity contribution in [1.82, 2.24) is 0 Å². The lowest BCUT2D eigenvalue weighted by molar-refractivity contribution is 1.20. The van der Waals surface area contributed by atoms with Gasteiger partial charge >= 0.3 is 0 Å². The standard InChI is InChI=1S/C45H39N3/c1-34-19-13-16-28-43(34)46(37-22-7-4-8-23-37)40-31-41(47(38-24-9-5-10-25-38)44-29-17-14-20-35(44)2)33-42(32-40)48(39-26-11-6-12-27-39)45-30-18-15-21-36(45)3/h4-33H,1-3H3. The van der Waals surface area contributed by atoms with Crippen molar-refractivity contribution in [3.63, 3.8) is 0 Å². The van der Waals surface area contributed by atoms with Gasteiger partial charge in [-0.2, -0.15) is 0 Å². The number of aryl methyl sites for hydroxylation is 3. The van der Waals surface area contributed by atoms with Gasteiger partial charge in [0.1, 0.15) is 0 Å². The molecule has 0 spiro atoms. The quantitative estimate of drug-likeness (QED) is 0.159. The van der Waals surface area contributed by atoms with Gasteiger partial charge in [0, 0.05) is 34.1 Å². The molecule has 0 unspecified atom stereocenters. The fraction of sp³-hybridized carbons (Fsp3) is 0.0667. The summed E-state index contributed by atoms with van der Waals surface area (Å²) < 4.78 is 0. The summed E-state index contributed by atoms with van der Waals surface area (Å²) in [6, 6.07) is 64.8. The smallest absolute Gasteiger partial charge is 0.0503 e. The fourth-order valence-corrected chi connectivity index (χ4v) is 6.42. The van der Waals surface area contributed by atoms with E-state index in [1.807, 2.05) is 0 Å². The molecule has 0 bridgehead atoms. The summed E-state index contributed by atoms with van der Waals surface area (Å²) in [6.45, 7) is 6.55. The number of para-hydroxylation sites is 6. The average molecular weight is 622 g/mol. The zero-order valence-corrected chi connectivity index (χ0v) is 27.7. The van der Waals surface area contributed by atoms with Crippen LogP contribution in [0.3, 0.4) is 0 Å². The van der Waals surface area contributed by atoms with Gasteiger partial charge < -0.3 is 14.7 Å². The van der Waals surface area contributed by atoms with E-state index >= 15 is 0 Å². The predicted molar refractivity (Wildman–Crippen MR) is 205 cm³/mol. The molecule has 0 radical (unpaired) electrons. The Morgan fingerprint density at radius 2 is 0.479 bits per heavy atom. The minimum atomic E-state index is 1.06. The van der Waals surface area contributed by atoms with Crippen LogP contribution in [0.15, 0.2) is 182 Å². The van der Waals surface area contributed by atoms with Crippen molar-refractivity contribution >= 4 is 51.2 Å². The van der Waals surface area contributed by atoms with Crippen molar-refractivity contribution in [2.45, 2.75) is 20.8 Å². The summed E-state index contributed by atoms with van der Waals surface area (Å²) in [5.74, 6) is 0. The topological polar surface area (TPSA) is 9.72 Å². The second-order valence-electron chi connectivity index (χ2n) is 12.1. The largest absolute Gasteiger partial charge is 0.310 e. The molecule has 0 amide bonds. The highest BCUT2D eigenvalue weighted by atomic mass is 15.2. The first-order valence-electron chi connectivity index (χ1n) is 16.5. The van der Waals surface area contributed by atoms with E-state index in [0.29, 0.717) is 0 Å². The van der Waals surface area contributed by atoms with Crippen molar-refractivity contribution in [3.05, 3.63) is 199 Å². The molecule has 0 atom stereocenters. The molecule has 0 aliphatic carbocycles. The minimum absolute atomic E-state index is 1.06. The number of benzene rings is 7. The van der Waals surface area contributed by atoms with Gasteiger partial charge in [-0.3, -0.25) is 0 Å². The fourth-order valence-electron chi connectivity index (χ4n) is 6.42. The van der Waals surface area contributed by atoms with Gasteiger partial charge in [-0.05, 0) is 110 Å². The maximum atomic E-state index is 2.38. The highest BCUT2D eigenvalue weighted by Gasteiger charge is 2.23. The van der Waals surface area contributed by atoms with Crippen LogP contribution >= 0.6 is 0 Å². The second kappa shape index (κ2) is 13.7. The number of hydrogen-bond donors (Lipinski definition) is 0. The van der Waals surface area contributed by atoms with Gasteiger partial charge in [-0.1, -0.05) is 109 Å². The molecular formula is C45H39N3. The van der Waals surface area contributed by atoms with Crippen molar-refractivity contribution in [1.29, 1.82) is 0 Å². The van der Waals surface area contributed by atoms with Crippen LogP contribution in [0.25, 0.3) is 0 Å². The van der Waals surface area contributed by atoms with Crippen LogP contribution in [0.1, 0.15) is 16.7 Å². The first kappa shape index (κ1) is 30.6. The van der Waals surface area contributed by atoms with Crippen LogP contribution in [0.5, 0.6) is 0 Å². The average Bonchev–Trinajstić information content (AvgIpc) is 3.13. The number of anilines is 9. The van der Waals surface area contributed by atoms with E-state index < -0.39 is 0 Å². The van der Waals surface area contributed by atoms with E-state index in [1.165, 1.54) is 16.7 Å². The first-order chi connectivity index (χ1) is 23.6. The molecule has 0 aromatic heterocycles. The summed E-state index contributed by atoms with van der Waals surface area (Å²) in [5.41, 5.74) is 13.5. The molecule has 234 valence electrons. The zero-order valence-electron chi connectivity index (χ0n) is 27.7. The predicted octanol–water partition coefficient (Wildman–Crippen LogP) is 13.0. The van der Waals surface area contributed by atoms with E-state index in [0.717, 1.165) is 51.2 Å². The highest BCUT2D eigenvalue weighted by Crippen LogP contribution is 2.47. The van der Waals surface area contributed by atoms with E-state index in [1.54, 1.807) is 0 Å².